The minimum Gasteiger partial charge on any atom is -0.508 e. The topological polar surface area (TPSA) is 178 Å². The second-order valence-electron chi connectivity index (χ2n) is 10.6. The van der Waals surface area contributed by atoms with Gasteiger partial charge >= 0.3 is 17.9 Å². The van der Waals surface area contributed by atoms with Crippen LogP contribution in [0.2, 0.25) is 0 Å². The van der Waals surface area contributed by atoms with Crippen molar-refractivity contribution in [2.75, 3.05) is 27.4 Å². The van der Waals surface area contributed by atoms with Gasteiger partial charge in [0.2, 0.25) is 0 Å². The van der Waals surface area contributed by atoms with Crippen molar-refractivity contribution in [2.24, 2.45) is 0 Å². The number of phenols is 2. The lowest BCUT2D eigenvalue weighted by Gasteiger charge is -2.21. The van der Waals surface area contributed by atoms with E-state index < -0.39 is 43.0 Å². The standard InChI is InChI=1S/C33H38O12/c1-14-10-22(36)18(5)27(37)24(14)32(39)45-28-17(4)16(3)26(30(42-9)20(28)7)33(40)44-23-11-15(2)25(29(41-8)19(23)6)31(38)43-13-21(35)12-34/h10-11,21,34-37H,12-13H2,1-9H3. The molecule has 3 aromatic carbocycles. The van der Waals surface area contributed by atoms with Crippen molar-refractivity contribution < 1.29 is 58.5 Å². The summed E-state index contributed by atoms with van der Waals surface area (Å²) in [7, 11) is 2.69. The number of rotatable bonds is 10. The van der Waals surface area contributed by atoms with Gasteiger partial charge in [-0.15, -0.1) is 0 Å². The lowest BCUT2D eigenvalue weighted by atomic mass is 9.96. The Morgan fingerprint density at radius 2 is 1.22 bits per heavy atom. The first kappa shape index (κ1) is 34.7. The van der Waals surface area contributed by atoms with Crippen LogP contribution < -0.4 is 18.9 Å². The van der Waals surface area contributed by atoms with Crippen LogP contribution in [0.25, 0.3) is 0 Å². The molecule has 0 aliphatic rings. The highest BCUT2D eigenvalue weighted by Crippen LogP contribution is 2.41. The monoisotopic (exact) mass is 626 g/mol. The molecule has 12 nitrogen and oxygen atoms in total. The van der Waals surface area contributed by atoms with Crippen LogP contribution in [0.1, 0.15) is 70.0 Å². The molecule has 0 amide bonds. The molecule has 4 N–H and O–H groups in total. The smallest absolute Gasteiger partial charge is 0.347 e. The minimum absolute atomic E-state index is 0.0663. The maximum Gasteiger partial charge on any atom is 0.347 e. The van der Waals surface area contributed by atoms with E-state index in [9.17, 15) is 29.7 Å². The van der Waals surface area contributed by atoms with Gasteiger partial charge in [-0.05, 0) is 82.9 Å². The summed E-state index contributed by atoms with van der Waals surface area (Å²) < 4.78 is 27.7. The van der Waals surface area contributed by atoms with E-state index in [0.29, 0.717) is 33.4 Å². The number of hydrogen-bond donors (Lipinski definition) is 4. The van der Waals surface area contributed by atoms with Gasteiger partial charge in [-0.25, -0.2) is 14.4 Å². The fourth-order valence-corrected chi connectivity index (χ4v) is 4.95. The van der Waals surface area contributed by atoms with E-state index in [0.717, 1.165) is 0 Å². The molecule has 1 atom stereocenters. The zero-order valence-electron chi connectivity index (χ0n) is 26.7. The summed E-state index contributed by atoms with van der Waals surface area (Å²) in [6.45, 7) is 10.1. The van der Waals surface area contributed by atoms with Gasteiger partial charge in [0.15, 0.2) is 0 Å². The lowest BCUT2D eigenvalue weighted by molar-refractivity contribution is 0.00904. The molecule has 0 aromatic heterocycles. The largest absolute Gasteiger partial charge is 0.508 e. The van der Waals surface area contributed by atoms with Crippen LogP contribution in [0, 0.1) is 48.5 Å². The van der Waals surface area contributed by atoms with Gasteiger partial charge in [-0.2, -0.15) is 0 Å². The molecule has 45 heavy (non-hydrogen) atoms. The van der Waals surface area contributed by atoms with Crippen LogP contribution in [-0.2, 0) is 4.74 Å². The number of aryl methyl sites for hydroxylation is 2. The van der Waals surface area contributed by atoms with E-state index in [2.05, 4.69) is 0 Å². The average molecular weight is 627 g/mol. The van der Waals surface area contributed by atoms with Crippen LogP contribution in [0.5, 0.6) is 34.5 Å². The van der Waals surface area contributed by atoms with Crippen molar-refractivity contribution >= 4 is 17.9 Å². The Hall–Kier alpha value is -4.81. The van der Waals surface area contributed by atoms with Gasteiger partial charge in [0, 0.05) is 16.7 Å². The van der Waals surface area contributed by atoms with Crippen LogP contribution in [-0.4, -0.2) is 71.9 Å². The Labute approximate surface area is 260 Å². The first-order valence-electron chi connectivity index (χ1n) is 13.9. The number of ether oxygens (including phenoxy) is 5. The van der Waals surface area contributed by atoms with Gasteiger partial charge < -0.3 is 44.1 Å². The van der Waals surface area contributed by atoms with E-state index in [1.165, 1.54) is 33.3 Å². The third-order valence-corrected chi connectivity index (χ3v) is 7.62. The maximum atomic E-state index is 13.7. The van der Waals surface area contributed by atoms with E-state index in [4.69, 9.17) is 28.8 Å². The average Bonchev–Trinajstić information content (AvgIpc) is 2.99. The Kier molecular flexibility index (Phi) is 10.7. The minimum atomic E-state index is -1.24. The van der Waals surface area contributed by atoms with Crippen LogP contribution in [0.4, 0.5) is 0 Å². The number of carbonyl (C=O) groups excluding carboxylic acids is 3. The number of benzene rings is 3. The first-order valence-corrected chi connectivity index (χ1v) is 13.9. The third-order valence-electron chi connectivity index (χ3n) is 7.62. The molecule has 0 aliphatic carbocycles. The quantitative estimate of drug-likeness (QED) is 0.186. The van der Waals surface area contributed by atoms with Crippen LogP contribution in [0.15, 0.2) is 12.1 Å². The molecule has 3 rings (SSSR count). The van der Waals surface area contributed by atoms with Gasteiger partial charge in [-0.1, -0.05) is 0 Å². The number of esters is 3. The summed E-state index contributed by atoms with van der Waals surface area (Å²) >= 11 is 0. The highest BCUT2D eigenvalue weighted by molar-refractivity contribution is 6.00. The fourth-order valence-electron chi connectivity index (χ4n) is 4.95. The summed E-state index contributed by atoms with van der Waals surface area (Å²) in [6, 6.07) is 2.83. The Balaban J connectivity index is 2.02. The molecule has 0 spiro atoms. The fraction of sp³-hybridized carbons (Fsp3) is 0.364. The van der Waals surface area contributed by atoms with Crippen molar-refractivity contribution in [3.8, 4) is 34.5 Å². The number of aromatic hydroxyl groups is 2. The Morgan fingerprint density at radius 3 is 1.80 bits per heavy atom. The van der Waals surface area contributed by atoms with Crippen molar-refractivity contribution in [2.45, 2.75) is 54.6 Å². The molecule has 0 radical (unpaired) electrons. The molecular formula is C33H38O12. The summed E-state index contributed by atoms with van der Waals surface area (Å²) in [4.78, 5) is 39.7. The summed E-state index contributed by atoms with van der Waals surface area (Å²) in [5.74, 6) is -2.59. The molecule has 0 fully saturated rings. The van der Waals surface area contributed by atoms with E-state index in [-0.39, 0.29) is 51.0 Å². The predicted molar refractivity (Wildman–Crippen MR) is 162 cm³/mol. The molecule has 0 saturated heterocycles. The number of methoxy groups -OCH3 is 2. The van der Waals surface area contributed by atoms with Crippen molar-refractivity contribution in [1.29, 1.82) is 0 Å². The zero-order valence-corrected chi connectivity index (χ0v) is 26.7. The summed E-state index contributed by atoms with van der Waals surface area (Å²) in [6.07, 6.45) is -1.24. The van der Waals surface area contributed by atoms with Crippen molar-refractivity contribution in [3.63, 3.8) is 0 Å². The van der Waals surface area contributed by atoms with Gasteiger partial charge in [-0.3, -0.25) is 0 Å². The zero-order chi connectivity index (χ0) is 33.9. The molecule has 242 valence electrons. The molecular weight excluding hydrogens is 588 g/mol. The highest BCUT2D eigenvalue weighted by Gasteiger charge is 2.30. The highest BCUT2D eigenvalue weighted by atomic mass is 16.6. The SMILES string of the molecule is COc1c(C)c(OC(=O)c2c(C)c(C)c(OC(=O)c3c(C)cc(O)c(C)c3O)c(C)c2OC)cc(C)c1C(=O)OCC(O)CO. The molecule has 0 aliphatic heterocycles. The second-order valence-corrected chi connectivity index (χ2v) is 10.6. The van der Waals surface area contributed by atoms with Crippen molar-refractivity contribution in [3.05, 3.63) is 67.8 Å². The predicted octanol–water partition coefficient (Wildman–Crippen LogP) is 4.22. The number of carbonyl (C=O) groups is 3. The third kappa shape index (κ3) is 6.66. The molecule has 3 aromatic rings. The number of aliphatic hydroxyl groups excluding tert-OH is 2. The van der Waals surface area contributed by atoms with Gasteiger partial charge in [0.05, 0.1) is 20.8 Å². The van der Waals surface area contributed by atoms with Crippen LogP contribution in [0.3, 0.4) is 0 Å². The summed E-state index contributed by atoms with van der Waals surface area (Å²) in [5.41, 5.74) is 2.31. The van der Waals surface area contributed by atoms with Crippen molar-refractivity contribution in [1.82, 2.24) is 0 Å². The lowest BCUT2D eigenvalue weighted by Crippen LogP contribution is -2.23. The summed E-state index contributed by atoms with van der Waals surface area (Å²) in [5, 5.41) is 39.1. The van der Waals surface area contributed by atoms with Gasteiger partial charge in [0.25, 0.3) is 0 Å². The molecule has 1 unspecified atom stereocenters. The number of hydrogen-bond acceptors (Lipinski definition) is 12. The van der Waals surface area contributed by atoms with Crippen LogP contribution >= 0.6 is 0 Å². The molecule has 12 heteroatoms. The molecule has 0 bridgehead atoms. The Morgan fingerprint density at radius 1 is 0.667 bits per heavy atom. The first-order chi connectivity index (χ1) is 21.1. The second kappa shape index (κ2) is 13.9. The number of phenolic OH excluding ortho intramolecular Hbond substituents is 2. The number of aliphatic hydroxyl groups is 2. The molecule has 0 heterocycles. The Bertz CT molecular complexity index is 1670. The molecule has 0 saturated carbocycles. The van der Waals surface area contributed by atoms with E-state index in [1.54, 1.807) is 41.5 Å². The normalized spacial score (nSPS) is 11.5. The maximum absolute atomic E-state index is 13.7. The van der Waals surface area contributed by atoms with E-state index >= 15 is 0 Å². The van der Waals surface area contributed by atoms with Gasteiger partial charge in [0.1, 0.15) is 63.9 Å². The van der Waals surface area contributed by atoms with E-state index in [1.807, 2.05) is 0 Å².